The minimum Gasteiger partial charge on any atom is -0.481 e. The molecule has 1 unspecified atom stereocenters. The lowest BCUT2D eigenvalue weighted by molar-refractivity contribution is -0.137. The Labute approximate surface area is 114 Å². The summed E-state index contributed by atoms with van der Waals surface area (Å²) < 4.78 is 31.6. The number of hydrogen-bond donors (Lipinski definition) is 1. The maximum atomic E-state index is 13.6. The maximum Gasteiger partial charge on any atom is 0.340 e. The van der Waals surface area contributed by atoms with E-state index in [2.05, 4.69) is 4.74 Å². The molecule has 0 amide bonds. The van der Waals surface area contributed by atoms with E-state index in [1.54, 1.807) is 0 Å². The first-order chi connectivity index (χ1) is 9.43. The summed E-state index contributed by atoms with van der Waals surface area (Å²) in [5, 5.41) is 8.91. The summed E-state index contributed by atoms with van der Waals surface area (Å²) >= 11 is 0. The fourth-order valence-corrected chi connectivity index (χ4v) is 2.33. The predicted molar refractivity (Wildman–Crippen MR) is 65.4 cm³/mol. The average molecular weight is 284 g/mol. The predicted octanol–water partition coefficient (Wildman–Crippen LogP) is 2.72. The van der Waals surface area contributed by atoms with Gasteiger partial charge >= 0.3 is 11.9 Å². The van der Waals surface area contributed by atoms with Crippen molar-refractivity contribution in [3.63, 3.8) is 0 Å². The van der Waals surface area contributed by atoms with Crippen molar-refractivity contribution in [3.05, 3.63) is 34.9 Å². The normalized spacial score (nSPS) is 15.8. The first-order valence-corrected chi connectivity index (χ1v) is 6.23. The summed E-state index contributed by atoms with van der Waals surface area (Å²) in [7, 11) is 1.07. The largest absolute Gasteiger partial charge is 0.481 e. The molecule has 1 N–H and O–H groups in total. The number of hydrogen-bond acceptors (Lipinski definition) is 3. The van der Waals surface area contributed by atoms with Crippen LogP contribution in [0.2, 0.25) is 0 Å². The standard InChI is InChI=1S/C14H14F2O4/c1-20-14(19)10-4-8(5-11(15)13(10)16)9(6-12(17)18)7-2-3-7/h4-5,7,9H,2-3,6H2,1H3,(H,17,18). The molecule has 0 radical (unpaired) electrons. The Balaban J connectivity index is 2.42. The molecule has 4 nitrogen and oxygen atoms in total. The van der Waals surface area contributed by atoms with Gasteiger partial charge in [0.1, 0.15) is 0 Å². The van der Waals surface area contributed by atoms with Crippen LogP contribution in [0.15, 0.2) is 12.1 Å². The van der Waals surface area contributed by atoms with Gasteiger partial charge in [-0.25, -0.2) is 13.6 Å². The quantitative estimate of drug-likeness (QED) is 0.844. The molecule has 0 aliphatic heterocycles. The zero-order valence-corrected chi connectivity index (χ0v) is 10.9. The lowest BCUT2D eigenvalue weighted by atomic mass is 9.89. The van der Waals surface area contributed by atoms with Crippen LogP contribution < -0.4 is 0 Å². The number of carboxylic acid groups (broad SMARTS) is 1. The van der Waals surface area contributed by atoms with Crippen molar-refractivity contribution in [1.29, 1.82) is 0 Å². The van der Waals surface area contributed by atoms with Crippen molar-refractivity contribution >= 4 is 11.9 Å². The van der Waals surface area contributed by atoms with Gasteiger partial charge in [0.05, 0.1) is 19.1 Å². The van der Waals surface area contributed by atoms with Gasteiger partial charge in [-0.1, -0.05) is 0 Å². The van der Waals surface area contributed by atoms with E-state index in [-0.39, 0.29) is 12.3 Å². The lowest BCUT2D eigenvalue weighted by Crippen LogP contribution is -2.12. The molecular weight excluding hydrogens is 270 g/mol. The van der Waals surface area contributed by atoms with Gasteiger partial charge < -0.3 is 9.84 Å². The summed E-state index contributed by atoms with van der Waals surface area (Å²) in [6, 6.07) is 2.16. The summed E-state index contributed by atoms with van der Waals surface area (Å²) in [5.74, 6) is -4.70. The first kappa shape index (κ1) is 14.4. The number of halogens is 2. The van der Waals surface area contributed by atoms with E-state index in [0.29, 0.717) is 5.56 Å². The second-order valence-corrected chi connectivity index (χ2v) is 4.90. The summed E-state index contributed by atoms with van der Waals surface area (Å²) in [6.45, 7) is 0. The van der Waals surface area contributed by atoms with Gasteiger partial charge in [-0.05, 0) is 42.4 Å². The molecule has 1 aliphatic carbocycles. The van der Waals surface area contributed by atoms with Gasteiger partial charge in [0.25, 0.3) is 0 Å². The van der Waals surface area contributed by atoms with E-state index in [9.17, 15) is 18.4 Å². The highest BCUT2D eigenvalue weighted by molar-refractivity contribution is 5.90. The molecule has 108 valence electrons. The third-order valence-corrected chi connectivity index (χ3v) is 3.47. The van der Waals surface area contributed by atoms with Gasteiger partial charge in [0, 0.05) is 0 Å². The average Bonchev–Trinajstić information content (AvgIpc) is 3.22. The number of benzene rings is 1. The van der Waals surface area contributed by atoms with E-state index in [0.717, 1.165) is 26.0 Å². The minimum absolute atomic E-state index is 0.140. The van der Waals surface area contributed by atoms with Gasteiger partial charge in [0.15, 0.2) is 11.6 Å². The molecule has 1 atom stereocenters. The van der Waals surface area contributed by atoms with Crippen molar-refractivity contribution in [2.24, 2.45) is 5.92 Å². The van der Waals surface area contributed by atoms with E-state index in [4.69, 9.17) is 5.11 Å². The van der Waals surface area contributed by atoms with Crippen LogP contribution >= 0.6 is 0 Å². The molecule has 6 heteroatoms. The number of carboxylic acids is 1. The fourth-order valence-electron chi connectivity index (χ4n) is 2.33. The Bertz CT molecular complexity index is 552. The van der Waals surface area contributed by atoms with Crippen LogP contribution in [0.5, 0.6) is 0 Å². The van der Waals surface area contributed by atoms with Crippen molar-refractivity contribution in [2.75, 3.05) is 7.11 Å². The Morgan fingerprint density at radius 2 is 2.05 bits per heavy atom. The molecule has 0 saturated heterocycles. The molecule has 1 fully saturated rings. The highest BCUT2D eigenvalue weighted by Crippen LogP contribution is 2.45. The topological polar surface area (TPSA) is 63.6 Å². The van der Waals surface area contributed by atoms with Crippen molar-refractivity contribution in [2.45, 2.75) is 25.2 Å². The lowest BCUT2D eigenvalue weighted by Gasteiger charge is -2.16. The van der Waals surface area contributed by atoms with Gasteiger partial charge in [-0.2, -0.15) is 0 Å². The second-order valence-electron chi connectivity index (χ2n) is 4.90. The molecule has 0 aromatic heterocycles. The zero-order valence-electron chi connectivity index (χ0n) is 10.9. The SMILES string of the molecule is COC(=O)c1cc(C(CC(=O)O)C2CC2)cc(F)c1F. The van der Waals surface area contributed by atoms with Crippen LogP contribution in [0.4, 0.5) is 8.78 Å². The van der Waals surface area contributed by atoms with E-state index < -0.39 is 35.1 Å². The van der Waals surface area contributed by atoms with E-state index in [1.165, 1.54) is 6.07 Å². The maximum absolute atomic E-state index is 13.6. The Hall–Kier alpha value is -1.98. The highest BCUT2D eigenvalue weighted by Gasteiger charge is 2.35. The van der Waals surface area contributed by atoms with E-state index in [1.807, 2.05) is 0 Å². The highest BCUT2D eigenvalue weighted by atomic mass is 19.2. The van der Waals surface area contributed by atoms with Crippen molar-refractivity contribution in [1.82, 2.24) is 0 Å². The molecule has 0 heterocycles. The summed E-state index contributed by atoms with van der Waals surface area (Å²) in [4.78, 5) is 22.3. The Morgan fingerprint density at radius 3 is 2.55 bits per heavy atom. The number of ether oxygens (including phenoxy) is 1. The molecule has 0 bridgehead atoms. The molecule has 2 rings (SSSR count). The molecule has 1 aliphatic rings. The molecule has 20 heavy (non-hydrogen) atoms. The number of aliphatic carboxylic acids is 1. The Kier molecular flexibility index (Phi) is 4.01. The van der Waals surface area contributed by atoms with Crippen molar-refractivity contribution < 1.29 is 28.2 Å². The number of esters is 1. The van der Waals surface area contributed by atoms with Gasteiger partial charge in [0.2, 0.25) is 0 Å². The third-order valence-electron chi connectivity index (χ3n) is 3.47. The number of rotatable bonds is 5. The number of carbonyl (C=O) groups excluding carboxylic acids is 1. The summed E-state index contributed by atoms with van der Waals surface area (Å²) in [6.07, 6.45) is 1.53. The van der Waals surface area contributed by atoms with E-state index >= 15 is 0 Å². The van der Waals surface area contributed by atoms with Crippen LogP contribution in [-0.2, 0) is 9.53 Å². The minimum atomic E-state index is -1.27. The number of carbonyl (C=O) groups is 2. The van der Waals surface area contributed by atoms with Gasteiger partial charge in [-0.15, -0.1) is 0 Å². The zero-order chi connectivity index (χ0) is 14.9. The van der Waals surface area contributed by atoms with Crippen LogP contribution in [-0.4, -0.2) is 24.2 Å². The third kappa shape index (κ3) is 2.95. The second kappa shape index (κ2) is 5.56. The van der Waals surface area contributed by atoms with Crippen LogP contribution in [0.25, 0.3) is 0 Å². The summed E-state index contributed by atoms with van der Waals surface area (Å²) in [5.41, 5.74) is -0.173. The molecule has 0 spiro atoms. The molecule has 1 aromatic rings. The van der Waals surface area contributed by atoms with Gasteiger partial charge in [-0.3, -0.25) is 4.79 Å². The number of methoxy groups -OCH3 is 1. The first-order valence-electron chi connectivity index (χ1n) is 6.23. The molecule has 1 aromatic carbocycles. The fraction of sp³-hybridized carbons (Fsp3) is 0.429. The molecular formula is C14H14F2O4. The van der Waals surface area contributed by atoms with Crippen molar-refractivity contribution in [3.8, 4) is 0 Å². The van der Waals surface area contributed by atoms with Crippen LogP contribution in [0.1, 0.15) is 41.1 Å². The smallest absolute Gasteiger partial charge is 0.340 e. The van der Waals surface area contributed by atoms with Crippen LogP contribution in [0.3, 0.4) is 0 Å². The van der Waals surface area contributed by atoms with Crippen LogP contribution in [0, 0.1) is 17.6 Å². The molecule has 1 saturated carbocycles. The monoisotopic (exact) mass is 284 g/mol. The Morgan fingerprint density at radius 1 is 1.40 bits per heavy atom.